The van der Waals surface area contributed by atoms with Gasteiger partial charge in [-0.25, -0.2) is 9.59 Å². The van der Waals surface area contributed by atoms with E-state index in [4.69, 9.17) is 62.6 Å². The molecule has 1 aliphatic carbocycles. The molecule has 3 heterocycles. The third-order valence-corrected chi connectivity index (χ3v) is 17.4. The summed E-state index contributed by atoms with van der Waals surface area (Å²) >= 11 is 0. The summed E-state index contributed by atoms with van der Waals surface area (Å²) in [5.74, 6) is -8.42. The molecule has 16 atom stereocenters. The molecule has 0 spiro atoms. The Kier molecular flexibility index (Phi) is 37.4. The number of hydrogen-bond acceptors (Lipinski definition) is 22. The molecule has 0 aromatic carbocycles. The number of allylic oxidation sites excluding steroid dienone is 5. The Balaban J connectivity index is 1.33. The summed E-state index contributed by atoms with van der Waals surface area (Å²) in [6.45, 7) is 18.9. The van der Waals surface area contributed by atoms with Gasteiger partial charge in [0.05, 0.1) is 110 Å². The van der Waals surface area contributed by atoms with Crippen molar-refractivity contribution < 1.29 is 101 Å². The number of esters is 1. The van der Waals surface area contributed by atoms with Gasteiger partial charge in [-0.2, -0.15) is 0 Å². The molecule has 24 nitrogen and oxygen atoms in total. The quantitative estimate of drug-likeness (QED) is 0.0242. The van der Waals surface area contributed by atoms with Crippen LogP contribution in [0.2, 0.25) is 0 Å². The molecule has 516 valence electrons. The highest BCUT2D eigenvalue weighted by molar-refractivity contribution is 6.39. The van der Waals surface area contributed by atoms with Crippen LogP contribution in [-0.2, 0) is 76.0 Å². The zero-order valence-corrected chi connectivity index (χ0v) is 55.2. The lowest BCUT2D eigenvalue weighted by Crippen LogP contribution is -2.61. The average Bonchev–Trinajstić information content (AvgIpc) is 0.857. The van der Waals surface area contributed by atoms with Crippen molar-refractivity contribution in [2.45, 2.75) is 192 Å². The second kappa shape index (κ2) is 43.0. The fraction of sp³-hybridized carbons (Fsp3) is 0.803. The number of alkyl carbamates (subject to hydrolysis) is 1. The molecule has 90 heavy (non-hydrogen) atoms. The molecule has 0 radical (unpaired) electrons. The zero-order valence-electron chi connectivity index (χ0n) is 55.2. The van der Waals surface area contributed by atoms with Crippen molar-refractivity contribution in [3.63, 3.8) is 0 Å². The molecule has 2 saturated heterocycles. The van der Waals surface area contributed by atoms with Crippen molar-refractivity contribution in [3.8, 4) is 0 Å². The molecule has 3 fully saturated rings. The van der Waals surface area contributed by atoms with E-state index in [2.05, 4.69) is 5.32 Å². The third kappa shape index (κ3) is 27.1. The molecule has 3 aliphatic heterocycles. The first kappa shape index (κ1) is 78.4. The molecule has 0 unspecified atom stereocenters. The monoisotopic (exact) mass is 1280 g/mol. The van der Waals surface area contributed by atoms with Gasteiger partial charge in [-0.05, 0) is 108 Å². The van der Waals surface area contributed by atoms with E-state index in [0.717, 1.165) is 10.5 Å². The lowest BCUT2D eigenvalue weighted by atomic mass is 9.80. The molecule has 4 rings (SSSR count). The third-order valence-electron chi connectivity index (χ3n) is 17.4. The van der Waals surface area contributed by atoms with Crippen molar-refractivity contribution >= 4 is 29.5 Å². The summed E-state index contributed by atoms with van der Waals surface area (Å²) in [7, 11) is 3.09. The van der Waals surface area contributed by atoms with Gasteiger partial charge in [0.2, 0.25) is 5.79 Å². The summed E-state index contributed by atoms with van der Waals surface area (Å²) < 4.78 is 68.1. The number of hydrogen-bond donors (Lipinski definition) is 6. The second-order valence-corrected chi connectivity index (χ2v) is 24.4. The Morgan fingerprint density at radius 2 is 1.33 bits per heavy atom. The maximum atomic E-state index is 14.6. The van der Waals surface area contributed by atoms with E-state index < -0.39 is 114 Å². The van der Waals surface area contributed by atoms with Crippen LogP contribution in [0.15, 0.2) is 47.6 Å². The number of rotatable bonds is 30. The topological polar surface area (TPSA) is 318 Å². The van der Waals surface area contributed by atoms with Crippen molar-refractivity contribution in [2.24, 2.45) is 35.3 Å². The molecule has 2 amide bonds. The lowest BCUT2D eigenvalue weighted by Gasteiger charge is -2.42. The van der Waals surface area contributed by atoms with Crippen molar-refractivity contribution in [3.05, 3.63) is 47.6 Å². The number of ketones is 2. The molecule has 24 heteroatoms. The first-order chi connectivity index (χ1) is 43.1. The number of ether oxygens (including phenoxy) is 12. The van der Waals surface area contributed by atoms with Crippen LogP contribution in [0.4, 0.5) is 4.79 Å². The van der Waals surface area contributed by atoms with Crippen LogP contribution in [0.25, 0.3) is 0 Å². The SMILES string of the molecule is CCOCCOCCOCCOCCOCCOCCOCCNC(=O)O[C@@H]1CC[C@@H](C[C@@H](N)[C@@H](O)C[C@H]2OC(=O)[C@@H]3CCCCN3C(=O)C(=O)[C@]3(O)O[C@@H](CC[C@H]3C)C[C@H](OC)/C(C)=C/C=C/C=C/[C@@H](C)C[C@@H](C)C(=O)[C@H](O)[C@H](O)/C(C)=C/[C@H]2C)C[C@H]1OC. The highest BCUT2D eigenvalue weighted by Gasteiger charge is 2.53. The average molecular weight is 1280 g/mol. The second-order valence-electron chi connectivity index (χ2n) is 24.4. The molecular weight excluding hydrogens is 1170 g/mol. The van der Waals surface area contributed by atoms with Crippen molar-refractivity contribution in [1.82, 2.24) is 10.2 Å². The van der Waals surface area contributed by atoms with Crippen molar-refractivity contribution in [1.29, 1.82) is 0 Å². The summed E-state index contributed by atoms with van der Waals surface area (Å²) in [5.41, 5.74) is 7.84. The van der Waals surface area contributed by atoms with Gasteiger partial charge in [0.15, 0.2) is 5.78 Å². The Morgan fingerprint density at radius 1 is 0.722 bits per heavy atom. The summed E-state index contributed by atoms with van der Waals surface area (Å²) in [4.78, 5) is 70.9. The van der Waals surface area contributed by atoms with Gasteiger partial charge in [-0.15, -0.1) is 0 Å². The Bertz CT molecular complexity index is 2230. The Labute approximate surface area is 534 Å². The number of methoxy groups -OCH3 is 2. The molecule has 1 saturated carbocycles. The largest absolute Gasteiger partial charge is 0.460 e. The van der Waals surface area contributed by atoms with E-state index in [1.807, 2.05) is 51.2 Å². The van der Waals surface area contributed by atoms with Gasteiger partial charge in [-0.3, -0.25) is 14.4 Å². The van der Waals surface area contributed by atoms with Gasteiger partial charge in [0.25, 0.3) is 11.7 Å². The van der Waals surface area contributed by atoms with Crippen LogP contribution in [0.3, 0.4) is 0 Å². The number of amides is 2. The number of fused-ring (bicyclic) bond motifs is 3. The number of aliphatic hydroxyl groups excluding tert-OH is 3. The van der Waals surface area contributed by atoms with Gasteiger partial charge < -0.3 is 93.2 Å². The predicted molar refractivity (Wildman–Crippen MR) is 334 cm³/mol. The first-order valence-corrected chi connectivity index (χ1v) is 32.7. The van der Waals surface area contributed by atoms with Crippen LogP contribution in [0.1, 0.15) is 126 Å². The summed E-state index contributed by atoms with van der Waals surface area (Å²) in [6.07, 6.45) is 6.77. The maximum absolute atomic E-state index is 14.6. The Hall–Kier alpha value is -4.09. The maximum Gasteiger partial charge on any atom is 0.407 e. The number of nitrogens with zero attached hydrogens (tertiary/aromatic N) is 1. The van der Waals surface area contributed by atoms with E-state index >= 15 is 0 Å². The lowest BCUT2D eigenvalue weighted by molar-refractivity contribution is -0.265. The smallest absolute Gasteiger partial charge is 0.407 e. The van der Waals surface area contributed by atoms with E-state index in [1.165, 1.54) is 7.11 Å². The fourth-order valence-electron chi connectivity index (χ4n) is 11.8. The van der Waals surface area contributed by atoms with Crippen LogP contribution in [0, 0.1) is 29.6 Å². The zero-order chi connectivity index (χ0) is 66.0. The van der Waals surface area contributed by atoms with E-state index in [-0.39, 0.29) is 56.4 Å². The number of Topliss-reactive ketones (excluding diaryl/α,β-unsaturated/α-hetero) is 2. The van der Waals surface area contributed by atoms with Crippen LogP contribution < -0.4 is 11.1 Å². The molecule has 0 aromatic rings. The van der Waals surface area contributed by atoms with Gasteiger partial charge >= 0.3 is 12.1 Å². The van der Waals surface area contributed by atoms with Crippen molar-refractivity contribution in [2.75, 3.05) is 120 Å². The summed E-state index contributed by atoms with van der Waals surface area (Å²) in [6, 6.07) is -2.08. The normalized spacial score (nSPS) is 32.5. The number of carbonyl (C=O) groups is 5. The van der Waals surface area contributed by atoms with Gasteiger partial charge in [0, 0.05) is 70.6 Å². The number of cyclic esters (lactones) is 1. The van der Waals surface area contributed by atoms with E-state index in [1.54, 1.807) is 40.9 Å². The standard InChI is InChI=1S/C66H111N3O21/c1-10-81-26-27-83-30-31-85-34-35-87-37-36-86-33-32-84-29-28-82-25-23-68-65(77)89-55-22-20-50(41-58(55)80-9)40-52(67)54(70)43-57-46(4)39-48(6)60(72)61(73)59(71)47(5)38-44(2)16-12-11-13-17-45(3)56(79-8)42-51-21-19-49(7)66(78,90-51)62(74)63(75)69-24-15-14-18-53(69)64(76)88-57/h11-13,16-17,39,44,46-47,49-58,60-61,70,72-73,78H,10,14-15,18-38,40-43,67H2,1-9H3,(H,68,77)/b13-11+,16-12+,45-17+,48-39+/t44-,46-,47-,49-,50+,51+,52-,53+,54+,55-,56+,57-,58-,60-,61+,66-/m1/s1. The highest BCUT2D eigenvalue weighted by atomic mass is 16.6. The Morgan fingerprint density at radius 3 is 1.93 bits per heavy atom. The minimum atomic E-state index is -2.48. The number of nitrogens with two attached hydrogens (primary N) is 1. The van der Waals surface area contributed by atoms with Crippen LogP contribution in [-0.4, -0.2) is 241 Å². The molecular formula is C66H111N3O21. The number of piperidine rings is 1. The molecule has 4 aliphatic rings. The van der Waals surface area contributed by atoms with E-state index in [9.17, 15) is 44.4 Å². The highest BCUT2D eigenvalue weighted by Crippen LogP contribution is 2.37. The molecule has 7 N–H and O–H groups in total. The van der Waals surface area contributed by atoms with Gasteiger partial charge in [-0.1, -0.05) is 64.2 Å². The number of aliphatic hydroxyl groups is 4. The molecule has 0 aromatic heterocycles. The van der Waals surface area contributed by atoms with E-state index in [0.29, 0.717) is 144 Å². The number of nitrogens with one attached hydrogen (secondary N) is 1. The summed E-state index contributed by atoms with van der Waals surface area (Å²) in [5, 5.41) is 49.3. The predicted octanol–water partition coefficient (Wildman–Crippen LogP) is 4.88. The van der Waals surface area contributed by atoms with Crippen LogP contribution in [0.5, 0.6) is 0 Å². The molecule has 2 bridgehead atoms. The minimum absolute atomic E-state index is 0.0214. The fourth-order valence-corrected chi connectivity index (χ4v) is 11.8. The number of carbonyl (C=O) groups excluding carboxylic acids is 5. The van der Waals surface area contributed by atoms with Crippen LogP contribution >= 0.6 is 0 Å². The van der Waals surface area contributed by atoms with Gasteiger partial charge in [0.1, 0.15) is 30.5 Å². The minimum Gasteiger partial charge on any atom is -0.460 e. The first-order valence-electron chi connectivity index (χ1n) is 32.7.